The molecule has 104 valence electrons. The Morgan fingerprint density at radius 3 is 2.80 bits per heavy atom. The second-order valence-corrected chi connectivity index (χ2v) is 4.77. The SMILES string of the molecule is COc1ccccc1CN(C)C(=O)c1cc(Cl)ccn1. The van der Waals surface area contributed by atoms with Crippen LogP contribution in [0.15, 0.2) is 42.6 Å². The quantitative estimate of drug-likeness (QED) is 0.869. The Bertz CT molecular complexity index is 616. The molecule has 1 aromatic carbocycles. The van der Waals surface area contributed by atoms with Crippen molar-refractivity contribution in [1.29, 1.82) is 0 Å². The van der Waals surface area contributed by atoms with E-state index in [1.165, 1.54) is 6.20 Å². The van der Waals surface area contributed by atoms with Crippen LogP contribution in [0.4, 0.5) is 0 Å². The molecule has 1 heterocycles. The Morgan fingerprint density at radius 2 is 2.10 bits per heavy atom. The van der Waals surface area contributed by atoms with Gasteiger partial charge < -0.3 is 9.64 Å². The van der Waals surface area contributed by atoms with E-state index in [0.717, 1.165) is 11.3 Å². The largest absolute Gasteiger partial charge is 0.496 e. The van der Waals surface area contributed by atoms with Crippen molar-refractivity contribution in [3.63, 3.8) is 0 Å². The number of ether oxygens (including phenoxy) is 1. The molecule has 0 aliphatic heterocycles. The van der Waals surface area contributed by atoms with E-state index >= 15 is 0 Å². The average Bonchev–Trinajstić information content (AvgIpc) is 2.47. The topological polar surface area (TPSA) is 42.4 Å². The van der Waals surface area contributed by atoms with Gasteiger partial charge in [-0.25, -0.2) is 0 Å². The van der Waals surface area contributed by atoms with Crippen LogP contribution in [-0.2, 0) is 6.54 Å². The van der Waals surface area contributed by atoms with Gasteiger partial charge in [-0.2, -0.15) is 0 Å². The van der Waals surface area contributed by atoms with Crippen LogP contribution in [0.1, 0.15) is 16.1 Å². The van der Waals surface area contributed by atoms with Crippen molar-refractivity contribution < 1.29 is 9.53 Å². The number of methoxy groups -OCH3 is 1. The smallest absolute Gasteiger partial charge is 0.272 e. The standard InChI is InChI=1S/C15H15ClN2O2/c1-18(10-11-5-3-4-6-14(11)20-2)15(19)13-9-12(16)7-8-17-13/h3-9H,10H2,1-2H3. The number of benzene rings is 1. The van der Waals surface area contributed by atoms with E-state index in [1.807, 2.05) is 24.3 Å². The van der Waals surface area contributed by atoms with Crippen LogP contribution in [0.3, 0.4) is 0 Å². The third-order valence-corrected chi connectivity index (χ3v) is 3.12. The number of carbonyl (C=O) groups excluding carboxylic acids is 1. The van der Waals surface area contributed by atoms with E-state index in [4.69, 9.17) is 16.3 Å². The van der Waals surface area contributed by atoms with Gasteiger partial charge in [-0.15, -0.1) is 0 Å². The maximum atomic E-state index is 12.3. The van der Waals surface area contributed by atoms with Crippen molar-refractivity contribution in [2.45, 2.75) is 6.54 Å². The summed E-state index contributed by atoms with van der Waals surface area (Å²) in [5, 5.41) is 0.494. The van der Waals surface area contributed by atoms with Gasteiger partial charge in [0.25, 0.3) is 5.91 Å². The maximum absolute atomic E-state index is 12.3. The fourth-order valence-corrected chi connectivity index (χ4v) is 2.04. The molecule has 2 rings (SSSR count). The highest BCUT2D eigenvalue weighted by Crippen LogP contribution is 2.19. The molecular weight excluding hydrogens is 276 g/mol. The summed E-state index contributed by atoms with van der Waals surface area (Å²) < 4.78 is 5.28. The number of carbonyl (C=O) groups is 1. The van der Waals surface area contributed by atoms with Gasteiger partial charge in [-0.1, -0.05) is 29.8 Å². The third-order valence-electron chi connectivity index (χ3n) is 2.89. The summed E-state index contributed by atoms with van der Waals surface area (Å²) in [5.74, 6) is 0.574. The first-order valence-corrected chi connectivity index (χ1v) is 6.48. The second kappa shape index (κ2) is 6.39. The molecule has 0 spiro atoms. The number of pyridine rings is 1. The maximum Gasteiger partial charge on any atom is 0.272 e. The summed E-state index contributed by atoms with van der Waals surface area (Å²) in [7, 11) is 3.33. The van der Waals surface area contributed by atoms with Crippen molar-refractivity contribution >= 4 is 17.5 Å². The molecule has 0 aliphatic carbocycles. The van der Waals surface area contributed by atoms with Crippen LogP contribution in [-0.4, -0.2) is 29.9 Å². The molecule has 4 nitrogen and oxygen atoms in total. The zero-order valence-electron chi connectivity index (χ0n) is 11.3. The number of nitrogens with zero attached hydrogens (tertiary/aromatic N) is 2. The molecule has 0 radical (unpaired) electrons. The molecule has 0 aliphatic rings. The molecule has 5 heteroatoms. The Morgan fingerprint density at radius 1 is 1.35 bits per heavy atom. The lowest BCUT2D eigenvalue weighted by Gasteiger charge is -2.18. The number of halogens is 1. The normalized spacial score (nSPS) is 10.2. The lowest BCUT2D eigenvalue weighted by molar-refractivity contribution is 0.0778. The van der Waals surface area contributed by atoms with Gasteiger partial charge in [-0.05, 0) is 18.2 Å². The number of hydrogen-bond donors (Lipinski definition) is 0. The molecule has 0 N–H and O–H groups in total. The highest BCUT2D eigenvalue weighted by Gasteiger charge is 2.15. The van der Waals surface area contributed by atoms with Gasteiger partial charge in [0.2, 0.25) is 0 Å². The zero-order chi connectivity index (χ0) is 14.5. The minimum absolute atomic E-state index is 0.182. The van der Waals surface area contributed by atoms with Crippen molar-refractivity contribution in [3.8, 4) is 5.75 Å². The summed E-state index contributed by atoms with van der Waals surface area (Å²) in [5.41, 5.74) is 1.27. The fourth-order valence-electron chi connectivity index (χ4n) is 1.88. The van der Waals surface area contributed by atoms with Crippen LogP contribution in [0.5, 0.6) is 5.75 Å². The van der Waals surface area contributed by atoms with Crippen LogP contribution >= 0.6 is 11.6 Å². The number of aromatic nitrogens is 1. The van der Waals surface area contributed by atoms with Gasteiger partial charge in [0.15, 0.2) is 0 Å². The van der Waals surface area contributed by atoms with E-state index in [9.17, 15) is 4.79 Å². The first-order chi connectivity index (χ1) is 9.61. The van der Waals surface area contributed by atoms with E-state index in [0.29, 0.717) is 17.3 Å². The van der Waals surface area contributed by atoms with Crippen LogP contribution in [0.25, 0.3) is 0 Å². The molecule has 0 saturated carbocycles. The Labute approximate surface area is 123 Å². The van der Waals surface area contributed by atoms with E-state index in [1.54, 1.807) is 31.2 Å². The summed E-state index contributed by atoms with van der Waals surface area (Å²) in [4.78, 5) is 17.9. The van der Waals surface area contributed by atoms with Gasteiger partial charge >= 0.3 is 0 Å². The molecule has 1 aromatic heterocycles. The molecule has 0 bridgehead atoms. The molecule has 0 fully saturated rings. The number of para-hydroxylation sites is 1. The summed E-state index contributed by atoms with van der Waals surface area (Å²) in [6.07, 6.45) is 1.52. The monoisotopic (exact) mass is 290 g/mol. The van der Waals surface area contributed by atoms with Gasteiger partial charge in [-0.3, -0.25) is 9.78 Å². The summed E-state index contributed by atoms with van der Waals surface area (Å²) >= 11 is 5.87. The van der Waals surface area contributed by atoms with Crippen LogP contribution in [0.2, 0.25) is 5.02 Å². The fraction of sp³-hybridized carbons (Fsp3) is 0.200. The third kappa shape index (κ3) is 3.27. The number of amides is 1. The number of hydrogen-bond acceptors (Lipinski definition) is 3. The molecule has 2 aromatic rings. The minimum Gasteiger partial charge on any atom is -0.496 e. The Hall–Kier alpha value is -2.07. The molecular formula is C15H15ClN2O2. The summed E-state index contributed by atoms with van der Waals surface area (Å²) in [6, 6.07) is 10.8. The predicted molar refractivity (Wildman–Crippen MR) is 78.0 cm³/mol. The highest BCUT2D eigenvalue weighted by molar-refractivity contribution is 6.30. The van der Waals surface area contributed by atoms with E-state index in [2.05, 4.69) is 4.98 Å². The molecule has 20 heavy (non-hydrogen) atoms. The lowest BCUT2D eigenvalue weighted by Crippen LogP contribution is -2.27. The van der Waals surface area contributed by atoms with Gasteiger partial charge in [0.05, 0.1) is 7.11 Å². The van der Waals surface area contributed by atoms with Crippen LogP contribution in [0, 0.1) is 0 Å². The van der Waals surface area contributed by atoms with E-state index < -0.39 is 0 Å². The van der Waals surface area contributed by atoms with Crippen molar-refractivity contribution in [1.82, 2.24) is 9.88 Å². The lowest BCUT2D eigenvalue weighted by atomic mass is 10.2. The van der Waals surface area contributed by atoms with Crippen LogP contribution < -0.4 is 4.74 Å². The molecule has 0 atom stereocenters. The summed E-state index contributed by atoms with van der Waals surface area (Å²) in [6.45, 7) is 0.442. The van der Waals surface area contributed by atoms with Crippen molar-refractivity contribution in [3.05, 3.63) is 58.9 Å². The zero-order valence-corrected chi connectivity index (χ0v) is 12.1. The molecule has 0 unspecified atom stereocenters. The van der Waals surface area contributed by atoms with Crippen molar-refractivity contribution in [2.75, 3.05) is 14.2 Å². The predicted octanol–water partition coefficient (Wildman–Crippen LogP) is 3.02. The van der Waals surface area contributed by atoms with Crippen molar-refractivity contribution in [2.24, 2.45) is 0 Å². The van der Waals surface area contributed by atoms with Gasteiger partial charge in [0.1, 0.15) is 11.4 Å². The molecule has 0 saturated heterocycles. The average molecular weight is 291 g/mol. The number of rotatable bonds is 4. The van der Waals surface area contributed by atoms with Gasteiger partial charge in [0, 0.05) is 30.4 Å². The van der Waals surface area contributed by atoms with E-state index in [-0.39, 0.29) is 5.91 Å². The second-order valence-electron chi connectivity index (χ2n) is 4.33. The highest BCUT2D eigenvalue weighted by atomic mass is 35.5. The Balaban J connectivity index is 2.15. The first kappa shape index (κ1) is 14.3. The molecule has 1 amide bonds. The first-order valence-electron chi connectivity index (χ1n) is 6.10. The minimum atomic E-state index is -0.182. The Kier molecular flexibility index (Phi) is 4.58.